The molecule has 21 heavy (non-hydrogen) atoms. The first-order valence-electron chi connectivity index (χ1n) is 7.31. The minimum atomic E-state index is 0.208. The molecule has 0 spiro atoms. The number of benzene rings is 1. The van der Waals surface area contributed by atoms with Crippen molar-refractivity contribution in [2.75, 3.05) is 17.2 Å². The number of anilines is 3. The molecule has 0 fully saturated rings. The summed E-state index contributed by atoms with van der Waals surface area (Å²) in [6.07, 6.45) is 2.73. The molecule has 5 heteroatoms. The molecular weight excluding hydrogens is 264 g/mol. The summed E-state index contributed by atoms with van der Waals surface area (Å²) >= 11 is 0. The maximum Gasteiger partial charge on any atom is 0.135 e. The maximum atomic E-state index is 5.82. The van der Waals surface area contributed by atoms with Crippen LogP contribution in [0, 0.1) is 0 Å². The minimum absolute atomic E-state index is 0.208. The molecule has 0 aliphatic carbocycles. The Balaban J connectivity index is 2.08. The molecular formula is C16H22N4O. The number of nitrogens with zero attached hydrogens (tertiary/aromatic N) is 2. The molecule has 0 saturated heterocycles. The van der Waals surface area contributed by atoms with Gasteiger partial charge in [-0.25, -0.2) is 9.97 Å². The monoisotopic (exact) mass is 286 g/mol. The Bertz CT molecular complexity index is 574. The highest BCUT2D eigenvalue weighted by Crippen LogP contribution is 2.22. The average Bonchev–Trinajstić information content (AvgIpc) is 2.48. The lowest BCUT2D eigenvalue weighted by Gasteiger charge is -2.14. The zero-order valence-electron chi connectivity index (χ0n) is 12.8. The molecule has 0 saturated carbocycles. The zero-order chi connectivity index (χ0) is 15.1. The SMILES string of the molecule is CCNc1cc(Nc2cccc(OC(C)CC)c2)ncn1. The van der Waals surface area contributed by atoms with Crippen molar-refractivity contribution in [1.29, 1.82) is 0 Å². The topological polar surface area (TPSA) is 59.1 Å². The summed E-state index contributed by atoms with van der Waals surface area (Å²) in [6.45, 7) is 7.03. The third-order valence-corrected chi connectivity index (χ3v) is 3.04. The van der Waals surface area contributed by atoms with Crippen molar-refractivity contribution < 1.29 is 4.74 Å². The van der Waals surface area contributed by atoms with Gasteiger partial charge in [0.05, 0.1) is 6.10 Å². The van der Waals surface area contributed by atoms with Gasteiger partial charge in [-0.2, -0.15) is 0 Å². The van der Waals surface area contributed by atoms with E-state index in [-0.39, 0.29) is 6.10 Å². The Hall–Kier alpha value is -2.30. The van der Waals surface area contributed by atoms with E-state index >= 15 is 0 Å². The van der Waals surface area contributed by atoms with Crippen LogP contribution in [0.25, 0.3) is 0 Å². The van der Waals surface area contributed by atoms with Crippen LogP contribution in [0.3, 0.4) is 0 Å². The predicted octanol–water partition coefficient (Wildman–Crippen LogP) is 3.83. The first-order chi connectivity index (χ1) is 10.2. The van der Waals surface area contributed by atoms with E-state index in [4.69, 9.17) is 4.74 Å². The van der Waals surface area contributed by atoms with Gasteiger partial charge >= 0.3 is 0 Å². The van der Waals surface area contributed by atoms with E-state index in [9.17, 15) is 0 Å². The molecule has 0 bridgehead atoms. The highest BCUT2D eigenvalue weighted by Gasteiger charge is 2.03. The van der Waals surface area contributed by atoms with Gasteiger partial charge in [-0.1, -0.05) is 13.0 Å². The van der Waals surface area contributed by atoms with E-state index < -0.39 is 0 Å². The number of nitrogens with one attached hydrogen (secondary N) is 2. The van der Waals surface area contributed by atoms with Gasteiger partial charge in [0.15, 0.2) is 0 Å². The third-order valence-electron chi connectivity index (χ3n) is 3.04. The molecule has 112 valence electrons. The zero-order valence-corrected chi connectivity index (χ0v) is 12.8. The van der Waals surface area contributed by atoms with Crippen molar-refractivity contribution in [3.8, 4) is 5.75 Å². The van der Waals surface area contributed by atoms with Gasteiger partial charge in [-0.15, -0.1) is 0 Å². The summed E-state index contributed by atoms with van der Waals surface area (Å²) in [7, 11) is 0. The number of aromatic nitrogens is 2. The molecule has 1 atom stereocenters. The number of hydrogen-bond donors (Lipinski definition) is 2. The fraction of sp³-hybridized carbons (Fsp3) is 0.375. The lowest BCUT2D eigenvalue weighted by atomic mass is 10.2. The molecule has 2 rings (SSSR count). The smallest absolute Gasteiger partial charge is 0.135 e. The molecule has 1 aromatic heterocycles. The van der Waals surface area contributed by atoms with Crippen LogP contribution in [0.4, 0.5) is 17.3 Å². The summed E-state index contributed by atoms with van der Waals surface area (Å²) in [6, 6.07) is 9.76. The molecule has 1 aromatic carbocycles. The lowest BCUT2D eigenvalue weighted by molar-refractivity contribution is 0.217. The van der Waals surface area contributed by atoms with Gasteiger partial charge in [0.25, 0.3) is 0 Å². The standard InChI is InChI=1S/C16H22N4O/c1-4-12(3)21-14-8-6-7-13(9-14)20-16-10-15(17-5-2)18-11-19-16/h6-12H,4-5H2,1-3H3,(H2,17,18,19,20). The second-order valence-corrected chi connectivity index (χ2v) is 4.81. The van der Waals surface area contributed by atoms with Crippen LogP contribution in [-0.2, 0) is 0 Å². The van der Waals surface area contributed by atoms with Crippen LogP contribution >= 0.6 is 0 Å². The van der Waals surface area contributed by atoms with Crippen molar-refractivity contribution in [1.82, 2.24) is 9.97 Å². The van der Waals surface area contributed by atoms with Crippen molar-refractivity contribution in [2.45, 2.75) is 33.3 Å². The van der Waals surface area contributed by atoms with Crippen molar-refractivity contribution in [2.24, 2.45) is 0 Å². The van der Waals surface area contributed by atoms with E-state index in [1.54, 1.807) is 6.33 Å². The minimum Gasteiger partial charge on any atom is -0.491 e. The van der Waals surface area contributed by atoms with Gasteiger partial charge in [-0.3, -0.25) is 0 Å². The normalized spacial score (nSPS) is 11.8. The molecule has 0 aliphatic heterocycles. The number of hydrogen-bond acceptors (Lipinski definition) is 5. The Labute approximate surface area is 125 Å². The van der Waals surface area contributed by atoms with E-state index in [1.165, 1.54) is 0 Å². The van der Waals surface area contributed by atoms with Crippen molar-refractivity contribution in [3.63, 3.8) is 0 Å². The highest BCUT2D eigenvalue weighted by atomic mass is 16.5. The van der Waals surface area contributed by atoms with Crippen LogP contribution in [0.1, 0.15) is 27.2 Å². The van der Waals surface area contributed by atoms with Gasteiger partial charge in [-0.05, 0) is 32.4 Å². The van der Waals surface area contributed by atoms with Crippen LogP contribution in [0.15, 0.2) is 36.7 Å². The van der Waals surface area contributed by atoms with Gasteiger partial charge in [0.1, 0.15) is 23.7 Å². The lowest BCUT2D eigenvalue weighted by Crippen LogP contribution is -2.09. The predicted molar refractivity (Wildman–Crippen MR) is 86.3 cm³/mol. The molecule has 5 nitrogen and oxygen atoms in total. The second kappa shape index (κ2) is 7.47. The van der Waals surface area contributed by atoms with Gasteiger partial charge in [0, 0.05) is 24.4 Å². The molecule has 1 heterocycles. The van der Waals surface area contributed by atoms with Crippen molar-refractivity contribution in [3.05, 3.63) is 36.7 Å². The molecule has 0 radical (unpaired) electrons. The molecule has 2 aromatic rings. The number of rotatable bonds is 7. The Morgan fingerprint density at radius 3 is 2.71 bits per heavy atom. The van der Waals surface area contributed by atoms with E-state index in [2.05, 4.69) is 34.4 Å². The largest absolute Gasteiger partial charge is 0.491 e. The molecule has 0 aliphatic rings. The summed E-state index contributed by atoms with van der Waals surface area (Å²) in [4.78, 5) is 8.37. The molecule has 2 N–H and O–H groups in total. The number of ether oxygens (including phenoxy) is 1. The third kappa shape index (κ3) is 4.63. The van der Waals surface area contributed by atoms with Crippen LogP contribution in [-0.4, -0.2) is 22.6 Å². The second-order valence-electron chi connectivity index (χ2n) is 4.81. The van der Waals surface area contributed by atoms with E-state index in [1.807, 2.05) is 37.3 Å². The fourth-order valence-electron chi connectivity index (χ4n) is 1.81. The summed E-state index contributed by atoms with van der Waals surface area (Å²) in [5.74, 6) is 2.42. The van der Waals surface area contributed by atoms with E-state index in [0.29, 0.717) is 0 Å². The van der Waals surface area contributed by atoms with Gasteiger partial charge in [0.2, 0.25) is 0 Å². The van der Waals surface area contributed by atoms with Gasteiger partial charge < -0.3 is 15.4 Å². The first kappa shape index (κ1) is 15.1. The summed E-state index contributed by atoms with van der Waals surface area (Å²) in [5, 5.41) is 6.43. The fourth-order valence-corrected chi connectivity index (χ4v) is 1.81. The molecule has 0 amide bonds. The molecule has 1 unspecified atom stereocenters. The Morgan fingerprint density at radius 1 is 1.14 bits per heavy atom. The maximum absolute atomic E-state index is 5.82. The Morgan fingerprint density at radius 2 is 1.95 bits per heavy atom. The van der Waals surface area contributed by atoms with E-state index in [0.717, 1.165) is 36.0 Å². The van der Waals surface area contributed by atoms with Crippen LogP contribution < -0.4 is 15.4 Å². The highest BCUT2D eigenvalue weighted by molar-refractivity contribution is 5.60. The summed E-state index contributed by atoms with van der Waals surface area (Å²) in [5.41, 5.74) is 0.942. The quantitative estimate of drug-likeness (QED) is 0.810. The first-order valence-corrected chi connectivity index (χ1v) is 7.31. The Kier molecular flexibility index (Phi) is 5.37. The average molecular weight is 286 g/mol. The van der Waals surface area contributed by atoms with Crippen molar-refractivity contribution >= 4 is 17.3 Å². The summed E-state index contributed by atoms with van der Waals surface area (Å²) < 4.78 is 5.82. The van der Waals surface area contributed by atoms with Crippen LogP contribution in [0.5, 0.6) is 5.75 Å². The van der Waals surface area contributed by atoms with Crippen LogP contribution in [0.2, 0.25) is 0 Å².